The predicted octanol–water partition coefficient (Wildman–Crippen LogP) is 6.20. The molecule has 0 N–H and O–H groups in total. The van der Waals surface area contributed by atoms with Gasteiger partial charge in [0.15, 0.2) is 0 Å². The zero-order valence-corrected chi connectivity index (χ0v) is 15.3. The molecule has 0 saturated heterocycles. The molecule has 0 atom stereocenters. The third kappa shape index (κ3) is 2.42. The Labute approximate surface area is 156 Å². The largest absolute Gasteiger partial charge is 0.262 e. The smallest absolute Gasteiger partial charge is 0.185 e. The molecule has 124 valence electrons. The molecule has 0 aliphatic rings. The molecule has 4 aromatic carbocycles. The Morgan fingerprint density at radius 2 is 1.42 bits per heavy atom. The van der Waals surface area contributed by atoms with Gasteiger partial charge in [0, 0.05) is 12.1 Å². The summed E-state index contributed by atoms with van der Waals surface area (Å²) in [5.41, 5.74) is 2.54. The summed E-state index contributed by atoms with van der Waals surface area (Å²) in [4.78, 5) is 0. The molecule has 5 rings (SSSR count). The van der Waals surface area contributed by atoms with Crippen LogP contribution in [-0.2, 0) is 7.05 Å². The third-order valence-electron chi connectivity index (χ3n) is 4.98. The minimum Gasteiger partial charge on any atom is -0.185 e. The first-order valence-corrected chi connectivity index (χ1v) is 9.59. The summed E-state index contributed by atoms with van der Waals surface area (Å²) < 4.78 is 3.58. The lowest BCUT2D eigenvalue weighted by atomic mass is 9.97. The molecule has 0 bridgehead atoms. The summed E-state index contributed by atoms with van der Waals surface area (Å²) in [6.45, 7) is 0. The molecule has 0 spiro atoms. The van der Waals surface area contributed by atoms with E-state index in [1.165, 1.54) is 42.3 Å². The normalized spacial score (nSPS) is 11.9. The van der Waals surface area contributed by atoms with E-state index in [0.717, 1.165) is 0 Å². The van der Waals surface area contributed by atoms with Gasteiger partial charge in [-0.3, -0.25) is 0 Å². The second-order valence-electron chi connectivity index (χ2n) is 6.53. The molecule has 26 heavy (non-hydrogen) atoms. The van der Waals surface area contributed by atoms with Crippen molar-refractivity contribution in [3.05, 3.63) is 89.4 Å². The topological polar surface area (TPSA) is 3.88 Å². The van der Waals surface area contributed by atoms with Gasteiger partial charge in [-0.1, -0.05) is 72.0 Å². The Bertz CT molecular complexity index is 1290. The van der Waals surface area contributed by atoms with Crippen LogP contribution in [0.25, 0.3) is 43.9 Å². The van der Waals surface area contributed by atoms with Crippen LogP contribution in [-0.4, -0.2) is 0 Å². The fourth-order valence-electron chi connectivity index (χ4n) is 3.65. The van der Waals surface area contributed by atoms with E-state index >= 15 is 0 Å². The van der Waals surface area contributed by atoms with E-state index in [4.69, 9.17) is 0 Å². The highest BCUT2D eigenvalue weighted by Crippen LogP contribution is 2.30. The quantitative estimate of drug-likeness (QED) is 0.263. The number of para-hydroxylation sites is 1. The molecule has 0 unspecified atom stereocenters. The van der Waals surface area contributed by atoms with Crippen molar-refractivity contribution < 1.29 is 4.57 Å². The first-order chi connectivity index (χ1) is 12.8. The molecular weight excluding hydrogens is 334 g/mol. The molecule has 0 radical (unpaired) electrons. The van der Waals surface area contributed by atoms with Crippen molar-refractivity contribution in [2.75, 3.05) is 0 Å². The summed E-state index contributed by atoms with van der Waals surface area (Å²) in [5, 5.41) is 6.46. The minimum absolute atomic E-state index is 1.25. The first-order valence-electron chi connectivity index (χ1n) is 8.77. The SMILES string of the molecule is C[n+]1c(/C=C/c2cc3ccccc3c3ccccc23)sc2ccccc21. The Balaban J connectivity index is 1.70. The van der Waals surface area contributed by atoms with E-state index in [9.17, 15) is 0 Å². The summed E-state index contributed by atoms with van der Waals surface area (Å²) in [6, 6.07) is 28.1. The molecule has 1 nitrogen and oxygen atoms in total. The molecular formula is C24H18NS+. The third-order valence-corrected chi connectivity index (χ3v) is 6.16. The lowest BCUT2D eigenvalue weighted by Gasteiger charge is -2.07. The molecule has 0 aliphatic carbocycles. The van der Waals surface area contributed by atoms with Crippen LogP contribution >= 0.6 is 11.3 Å². The van der Waals surface area contributed by atoms with Crippen LogP contribution in [0.5, 0.6) is 0 Å². The molecule has 2 heteroatoms. The van der Waals surface area contributed by atoms with Crippen LogP contribution in [0.15, 0.2) is 78.9 Å². The Morgan fingerprint density at radius 3 is 2.27 bits per heavy atom. The molecule has 5 aromatic rings. The Morgan fingerprint density at radius 1 is 0.731 bits per heavy atom. The van der Waals surface area contributed by atoms with Gasteiger partial charge in [0.25, 0.3) is 5.01 Å². The average molecular weight is 352 g/mol. The molecule has 0 amide bonds. The van der Waals surface area contributed by atoms with Crippen LogP contribution < -0.4 is 4.57 Å². The predicted molar refractivity (Wildman–Crippen MR) is 113 cm³/mol. The second kappa shape index (κ2) is 6.08. The maximum absolute atomic E-state index is 2.29. The van der Waals surface area contributed by atoms with Crippen molar-refractivity contribution in [3.63, 3.8) is 0 Å². The van der Waals surface area contributed by atoms with Gasteiger partial charge in [0.05, 0.1) is 0 Å². The Hall–Kier alpha value is -2.97. The van der Waals surface area contributed by atoms with E-state index in [1.807, 2.05) is 11.3 Å². The molecule has 1 aromatic heterocycles. The van der Waals surface area contributed by atoms with Crippen LogP contribution in [0.1, 0.15) is 10.6 Å². The van der Waals surface area contributed by atoms with Crippen molar-refractivity contribution in [2.45, 2.75) is 0 Å². The van der Waals surface area contributed by atoms with Crippen LogP contribution in [0.2, 0.25) is 0 Å². The van der Waals surface area contributed by atoms with E-state index in [-0.39, 0.29) is 0 Å². The van der Waals surface area contributed by atoms with Crippen LogP contribution in [0.3, 0.4) is 0 Å². The number of aromatic nitrogens is 1. The van der Waals surface area contributed by atoms with Crippen molar-refractivity contribution in [2.24, 2.45) is 7.05 Å². The lowest BCUT2D eigenvalue weighted by Crippen LogP contribution is -2.28. The number of benzene rings is 4. The Kier molecular flexibility index (Phi) is 3.58. The monoisotopic (exact) mass is 352 g/mol. The van der Waals surface area contributed by atoms with Gasteiger partial charge in [-0.25, -0.2) is 0 Å². The van der Waals surface area contributed by atoms with Crippen LogP contribution in [0, 0.1) is 0 Å². The molecule has 0 fully saturated rings. The van der Waals surface area contributed by atoms with Crippen molar-refractivity contribution in [1.82, 2.24) is 0 Å². The van der Waals surface area contributed by atoms with Gasteiger partial charge in [0.1, 0.15) is 11.7 Å². The number of aryl methyl sites for hydroxylation is 1. The van der Waals surface area contributed by atoms with Crippen LogP contribution in [0.4, 0.5) is 0 Å². The van der Waals surface area contributed by atoms with Gasteiger partial charge in [-0.15, -0.1) is 0 Å². The number of hydrogen-bond donors (Lipinski definition) is 0. The van der Waals surface area contributed by atoms with E-state index < -0.39 is 0 Å². The number of nitrogens with zero attached hydrogens (tertiary/aromatic N) is 1. The molecule has 0 aliphatic heterocycles. The summed E-state index contributed by atoms with van der Waals surface area (Å²) in [6.07, 6.45) is 4.49. The highest BCUT2D eigenvalue weighted by atomic mass is 32.1. The van der Waals surface area contributed by atoms with Crippen molar-refractivity contribution >= 4 is 55.3 Å². The van der Waals surface area contributed by atoms with Gasteiger partial charge >= 0.3 is 0 Å². The summed E-state index contributed by atoms with van der Waals surface area (Å²) in [5.74, 6) is 0. The van der Waals surface area contributed by atoms with E-state index in [1.54, 1.807) is 0 Å². The zero-order chi connectivity index (χ0) is 17.5. The zero-order valence-electron chi connectivity index (χ0n) is 14.5. The lowest BCUT2D eigenvalue weighted by molar-refractivity contribution is -0.642. The van der Waals surface area contributed by atoms with Gasteiger partial charge < -0.3 is 0 Å². The maximum atomic E-state index is 2.29. The van der Waals surface area contributed by atoms with Gasteiger partial charge in [-0.2, -0.15) is 4.57 Å². The summed E-state index contributed by atoms with van der Waals surface area (Å²) in [7, 11) is 2.14. The molecule has 1 heterocycles. The van der Waals surface area contributed by atoms with Gasteiger partial charge in [-0.05, 0) is 45.3 Å². The second-order valence-corrected chi connectivity index (χ2v) is 7.60. The standard InChI is InChI=1S/C24H18NS/c1-25-22-12-6-7-13-23(22)26-24(25)15-14-18-16-17-8-2-3-9-19(17)21-11-5-4-10-20(18)21/h2-16H,1H3/q+1/b15-14+. The maximum Gasteiger partial charge on any atom is 0.262 e. The first kappa shape index (κ1) is 15.3. The fraction of sp³-hybridized carbons (Fsp3) is 0.0417. The molecule has 0 saturated carbocycles. The highest BCUT2D eigenvalue weighted by molar-refractivity contribution is 7.18. The van der Waals surface area contributed by atoms with E-state index in [0.29, 0.717) is 0 Å². The number of rotatable bonds is 2. The van der Waals surface area contributed by atoms with Crippen molar-refractivity contribution in [1.29, 1.82) is 0 Å². The van der Waals surface area contributed by atoms with E-state index in [2.05, 4.69) is 103 Å². The number of thiazole rings is 1. The highest BCUT2D eigenvalue weighted by Gasteiger charge is 2.13. The number of hydrogen-bond acceptors (Lipinski definition) is 1. The summed E-state index contributed by atoms with van der Waals surface area (Å²) >= 11 is 1.83. The average Bonchev–Trinajstić information content (AvgIpc) is 3.02. The van der Waals surface area contributed by atoms with Crippen molar-refractivity contribution in [3.8, 4) is 0 Å². The minimum atomic E-state index is 1.25. The fourth-order valence-corrected chi connectivity index (χ4v) is 4.70. The van der Waals surface area contributed by atoms with Gasteiger partial charge in [0.2, 0.25) is 5.52 Å². The number of fused-ring (bicyclic) bond motifs is 4.